The molecule has 0 bridgehead atoms. The molecule has 0 amide bonds. The van der Waals surface area contributed by atoms with Crippen LogP contribution in [0.3, 0.4) is 0 Å². The fourth-order valence-electron chi connectivity index (χ4n) is 1.62. The number of imidazole rings is 1. The van der Waals surface area contributed by atoms with Crippen molar-refractivity contribution in [3.8, 4) is 0 Å². The van der Waals surface area contributed by atoms with Crippen LogP contribution >= 0.6 is 0 Å². The number of aromatic nitrogens is 3. The maximum absolute atomic E-state index is 11.9. The van der Waals surface area contributed by atoms with Crippen LogP contribution in [-0.2, 0) is 23.5 Å². The maximum Gasteiger partial charge on any atom is 0.245 e. The second-order valence-corrected chi connectivity index (χ2v) is 5.71. The minimum atomic E-state index is -3.79. The van der Waals surface area contributed by atoms with E-state index >= 15 is 0 Å². The molecule has 0 spiro atoms. The maximum atomic E-state index is 11.9. The smallest absolute Gasteiger partial charge is 0.245 e. The van der Waals surface area contributed by atoms with Gasteiger partial charge in [-0.2, -0.15) is 0 Å². The van der Waals surface area contributed by atoms with Crippen LogP contribution in [0.2, 0.25) is 0 Å². The Morgan fingerprint density at radius 1 is 1.47 bits per heavy atom. The van der Waals surface area contributed by atoms with Gasteiger partial charge in [0.05, 0.1) is 0 Å². The minimum Gasteiger partial charge on any atom is -0.366 e. The van der Waals surface area contributed by atoms with E-state index in [0.29, 0.717) is 6.42 Å². The van der Waals surface area contributed by atoms with E-state index in [-0.39, 0.29) is 11.4 Å². The van der Waals surface area contributed by atoms with Crippen LogP contribution in [0.1, 0.15) is 5.82 Å². The molecule has 0 aliphatic heterocycles. The molecule has 0 unspecified atom stereocenters. The lowest BCUT2D eigenvalue weighted by Gasteiger charge is -2.06. The third kappa shape index (κ3) is 3.09. The van der Waals surface area contributed by atoms with E-state index in [1.807, 2.05) is 11.6 Å². The molecule has 0 saturated heterocycles. The highest BCUT2D eigenvalue weighted by Gasteiger charge is 2.17. The highest BCUT2D eigenvalue weighted by Crippen LogP contribution is 2.00. The molecule has 2 aromatic heterocycles. The first-order chi connectivity index (χ1) is 9.00. The van der Waals surface area contributed by atoms with Crippen molar-refractivity contribution in [3.63, 3.8) is 0 Å². The second kappa shape index (κ2) is 5.37. The van der Waals surface area contributed by atoms with E-state index in [1.165, 1.54) is 18.5 Å². The fourth-order valence-corrected chi connectivity index (χ4v) is 2.71. The van der Waals surface area contributed by atoms with Crippen LogP contribution in [0, 0.1) is 0 Å². The fraction of sp³-hybridized carbons (Fsp3) is 0.273. The van der Waals surface area contributed by atoms with Gasteiger partial charge >= 0.3 is 0 Å². The van der Waals surface area contributed by atoms with Crippen molar-refractivity contribution in [3.05, 3.63) is 46.9 Å². The van der Waals surface area contributed by atoms with E-state index in [1.54, 1.807) is 12.4 Å². The predicted octanol–water partition coefficient (Wildman–Crippen LogP) is -0.371. The molecule has 7 nitrogen and oxygen atoms in total. The summed E-state index contributed by atoms with van der Waals surface area (Å²) in [6, 6.07) is 1.17. The van der Waals surface area contributed by atoms with E-state index in [4.69, 9.17) is 0 Å². The van der Waals surface area contributed by atoms with E-state index in [9.17, 15) is 13.2 Å². The molecule has 8 heteroatoms. The third-order valence-electron chi connectivity index (χ3n) is 2.64. The Morgan fingerprint density at radius 2 is 2.26 bits per heavy atom. The molecule has 0 saturated carbocycles. The Balaban J connectivity index is 2.05. The number of nitrogens with zero attached hydrogens (tertiary/aromatic N) is 2. The van der Waals surface area contributed by atoms with Gasteiger partial charge in [-0.3, -0.25) is 4.79 Å². The summed E-state index contributed by atoms with van der Waals surface area (Å²) >= 11 is 0. The molecular weight excluding hydrogens is 268 g/mol. The van der Waals surface area contributed by atoms with E-state index in [0.717, 1.165) is 5.82 Å². The number of hydrogen-bond acceptors (Lipinski definition) is 4. The van der Waals surface area contributed by atoms with E-state index < -0.39 is 15.5 Å². The summed E-state index contributed by atoms with van der Waals surface area (Å²) in [4.78, 5) is 17.8. The summed E-state index contributed by atoms with van der Waals surface area (Å²) in [5.74, 6) is 0.768. The molecule has 2 N–H and O–H groups in total. The van der Waals surface area contributed by atoms with Crippen molar-refractivity contribution < 1.29 is 8.42 Å². The lowest BCUT2D eigenvalue weighted by molar-refractivity contribution is 0.579. The van der Waals surface area contributed by atoms with Crippen LogP contribution in [0.4, 0.5) is 0 Å². The zero-order valence-corrected chi connectivity index (χ0v) is 11.1. The van der Waals surface area contributed by atoms with E-state index in [2.05, 4.69) is 14.7 Å². The molecular formula is C11H14N4O3S. The van der Waals surface area contributed by atoms with Gasteiger partial charge in [0.15, 0.2) is 0 Å². The predicted molar refractivity (Wildman–Crippen MR) is 69.2 cm³/mol. The van der Waals surface area contributed by atoms with Gasteiger partial charge in [0.1, 0.15) is 10.7 Å². The number of sulfonamides is 1. The van der Waals surface area contributed by atoms with Gasteiger partial charge in [0, 0.05) is 50.9 Å². The van der Waals surface area contributed by atoms with Crippen molar-refractivity contribution in [2.45, 2.75) is 11.3 Å². The average Bonchev–Trinajstić information content (AvgIpc) is 2.75. The molecule has 2 heterocycles. The molecule has 0 aliphatic rings. The molecule has 0 atom stereocenters. The van der Waals surface area contributed by atoms with Gasteiger partial charge in [-0.25, -0.2) is 18.1 Å². The number of nitrogens with one attached hydrogen (secondary N) is 2. The first kappa shape index (κ1) is 13.5. The van der Waals surface area contributed by atoms with Crippen molar-refractivity contribution >= 4 is 10.0 Å². The standard InChI is InChI=1S/C11H14N4O3S/c1-15-7-6-13-11(15)3-5-14-19(17,18)10-8-12-4-2-9(10)16/h2,4,6-8,14H,3,5H2,1H3,(H,12,16). The molecule has 0 aromatic carbocycles. The highest BCUT2D eigenvalue weighted by molar-refractivity contribution is 7.89. The van der Waals surface area contributed by atoms with Gasteiger partial charge in [-0.15, -0.1) is 0 Å². The zero-order chi connectivity index (χ0) is 13.9. The summed E-state index contributed by atoms with van der Waals surface area (Å²) in [5, 5.41) is 0. The van der Waals surface area contributed by atoms with Gasteiger partial charge in [-0.05, 0) is 0 Å². The number of rotatable bonds is 5. The van der Waals surface area contributed by atoms with Crippen LogP contribution in [0.5, 0.6) is 0 Å². The molecule has 2 rings (SSSR count). The zero-order valence-electron chi connectivity index (χ0n) is 10.3. The largest absolute Gasteiger partial charge is 0.366 e. The number of hydrogen-bond donors (Lipinski definition) is 2. The third-order valence-corrected chi connectivity index (χ3v) is 4.12. The summed E-state index contributed by atoms with van der Waals surface area (Å²) in [6.07, 6.45) is 6.44. The quantitative estimate of drug-likeness (QED) is 0.782. The van der Waals surface area contributed by atoms with Crippen molar-refractivity contribution in [2.75, 3.05) is 6.54 Å². The highest BCUT2D eigenvalue weighted by atomic mass is 32.2. The number of pyridine rings is 1. The molecule has 0 aliphatic carbocycles. The normalized spacial score (nSPS) is 11.6. The van der Waals surface area contributed by atoms with Crippen LogP contribution in [0.15, 0.2) is 40.5 Å². The monoisotopic (exact) mass is 282 g/mol. The number of aromatic amines is 1. The van der Waals surface area contributed by atoms with Gasteiger partial charge < -0.3 is 9.55 Å². The van der Waals surface area contributed by atoms with Gasteiger partial charge in [0.2, 0.25) is 15.5 Å². The summed E-state index contributed by atoms with van der Waals surface area (Å²) in [5.41, 5.74) is -0.539. The van der Waals surface area contributed by atoms with Crippen molar-refractivity contribution in [2.24, 2.45) is 7.05 Å². The number of H-pyrrole nitrogens is 1. The lowest BCUT2D eigenvalue weighted by atomic mass is 10.4. The Morgan fingerprint density at radius 3 is 2.89 bits per heavy atom. The molecule has 19 heavy (non-hydrogen) atoms. The summed E-state index contributed by atoms with van der Waals surface area (Å²) < 4.78 is 28.0. The van der Waals surface area contributed by atoms with Crippen molar-refractivity contribution in [1.82, 2.24) is 19.3 Å². The first-order valence-electron chi connectivity index (χ1n) is 5.64. The summed E-state index contributed by atoms with van der Waals surface area (Å²) in [6.45, 7) is 0.182. The van der Waals surface area contributed by atoms with Crippen LogP contribution in [-0.4, -0.2) is 29.5 Å². The summed E-state index contributed by atoms with van der Waals surface area (Å²) in [7, 11) is -1.96. The molecule has 0 radical (unpaired) electrons. The Kier molecular flexibility index (Phi) is 3.82. The van der Waals surface area contributed by atoms with Crippen LogP contribution < -0.4 is 10.2 Å². The lowest BCUT2D eigenvalue weighted by Crippen LogP contribution is -2.30. The Labute approximate surface area is 110 Å². The molecule has 2 aromatic rings. The average molecular weight is 282 g/mol. The Bertz CT molecular complexity index is 717. The number of aryl methyl sites for hydroxylation is 1. The van der Waals surface area contributed by atoms with Crippen molar-refractivity contribution in [1.29, 1.82) is 0 Å². The molecule has 102 valence electrons. The minimum absolute atomic E-state index is 0.182. The van der Waals surface area contributed by atoms with Gasteiger partial charge in [-0.1, -0.05) is 0 Å². The topological polar surface area (TPSA) is 96.8 Å². The van der Waals surface area contributed by atoms with Gasteiger partial charge in [0.25, 0.3) is 0 Å². The molecule has 0 fully saturated rings. The SMILES string of the molecule is Cn1ccnc1CCNS(=O)(=O)c1c[nH]ccc1=O. The first-order valence-corrected chi connectivity index (χ1v) is 7.12. The van der Waals surface area contributed by atoms with Crippen LogP contribution in [0.25, 0.3) is 0 Å². The second-order valence-electron chi connectivity index (χ2n) is 3.97. The Hall–Kier alpha value is -1.93.